The summed E-state index contributed by atoms with van der Waals surface area (Å²) >= 11 is 0. The van der Waals surface area contributed by atoms with E-state index in [1.807, 2.05) is 40.7 Å². The van der Waals surface area contributed by atoms with E-state index < -0.39 is 37.9 Å². The fourth-order valence-electron chi connectivity index (χ4n) is 4.34. The van der Waals surface area contributed by atoms with E-state index in [4.69, 9.17) is 18.6 Å². The smallest absolute Gasteiger partial charge is 0.407 e. The number of amides is 1. The first-order chi connectivity index (χ1) is 17.4. The first kappa shape index (κ1) is 32.8. The topological polar surface area (TPSA) is 86.3 Å². The highest BCUT2D eigenvalue weighted by atomic mass is 28.4. The molecule has 1 heterocycles. The predicted molar refractivity (Wildman–Crippen MR) is 155 cm³/mol. The first-order valence-electron chi connectivity index (χ1n) is 14.1. The molecule has 1 fully saturated rings. The van der Waals surface area contributed by atoms with Gasteiger partial charge >= 0.3 is 6.09 Å². The third kappa shape index (κ3) is 11.3. The highest BCUT2D eigenvalue weighted by Crippen LogP contribution is 2.38. The van der Waals surface area contributed by atoms with Crippen LogP contribution in [-0.4, -0.2) is 61.9 Å². The van der Waals surface area contributed by atoms with Gasteiger partial charge in [0.1, 0.15) is 11.7 Å². The lowest BCUT2D eigenvalue weighted by Gasteiger charge is -2.39. The second-order valence-corrected chi connectivity index (χ2v) is 18.4. The van der Waals surface area contributed by atoms with Gasteiger partial charge in [0, 0.05) is 6.10 Å². The van der Waals surface area contributed by atoms with E-state index in [0.717, 1.165) is 19.3 Å². The third-order valence-electron chi connectivity index (χ3n) is 7.34. The monoisotopic (exact) mass is 551 g/mol. The van der Waals surface area contributed by atoms with Crippen LogP contribution in [0.2, 0.25) is 18.1 Å². The van der Waals surface area contributed by atoms with Gasteiger partial charge < -0.3 is 29.1 Å². The number of rotatable bonds is 12. The zero-order valence-corrected chi connectivity index (χ0v) is 26.4. The molecular formula is C30H53NO6Si. The van der Waals surface area contributed by atoms with E-state index in [-0.39, 0.29) is 17.2 Å². The number of carbonyl (C=O) groups excluding carboxylic acids is 1. The summed E-state index contributed by atoms with van der Waals surface area (Å²) in [6.07, 6.45) is 2.10. The van der Waals surface area contributed by atoms with E-state index >= 15 is 0 Å². The Kier molecular flexibility index (Phi) is 11.4. The maximum Gasteiger partial charge on any atom is 0.407 e. The Labute approximate surface area is 232 Å². The minimum atomic E-state index is -1.95. The number of aliphatic hydroxyl groups is 1. The highest BCUT2D eigenvalue weighted by Gasteiger charge is 2.40. The van der Waals surface area contributed by atoms with Gasteiger partial charge in [-0.25, -0.2) is 4.79 Å². The van der Waals surface area contributed by atoms with E-state index in [0.29, 0.717) is 19.4 Å². The van der Waals surface area contributed by atoms with Crippen LogP contribution < -0.4 is 5.32 Å². The first-order valence-corrected chi connectivity index (χ1v) is 17.0. The second-order valence-electron chi connectivity index (χ2n) is 13.6. The van der Waals surface area contributed by atoms with Crippen molar-refractivity contribution in [2.75, 3.05) is 6.61 Å². The van der Waals surface area contributed by atoms with Crippen LogP contribution in [0.25, 0.3) is 0 Å². The molecule has 8 heteroatoms. The number of hydrogen-bond acceptors (Lipinski definition) is 6. The van der Waals surface area contributed by atoms with Crippen molar-refractivity contribution in [2.45, 2.75) is 141 Å². The predicted octanol–water partition coefficient (Wildman–Crippen LogP) is 6.59. The Bertz CT molecular complexity index is 862. The molecule has 0 aliphatic carbocycles. The minimum Gasteiger partial charge on any atom is -0.444 e. The van der Waals surface area contributed by atoms with E-state index in [1.165, 1.54) is 5.56 Å². The summed E-state index contributed by atoms with van der Waals surface area (Å²) in [7, 11) is -1.95. The molecule has 1 aliphatic heterocycles. The van der Waals surface area contributed by atoms with E-state index in [2.05, 4.69) is 63.4 Å². The lowest BCUT2D eigenvalue weighted by atomic mass is 9.98. The lowest BCUT2D eigenvalue weighted by Crippen LogP contribution is -2.48. The fraction of sp³-hybridized carbons (Fsp3) is 0.767. The molecule has 0 unspecified atom stereocenters. The SMILES string of the molecule is CC(C)(C)OC(=O)N[C@H](C[C@@H](O)CCC[C@H](Cc1ccccc1)O[Si](C)(C)C(C)(C)C)[C@H]1COC(C)(C)O1. The second kappa shape index (κ2) is 13.3. The van der Waals surface area contributed by atoms with Crippen LogP contribution in [0.3, 0.4) is 0 Å². The zero-order valence-electron chi connectivity index (χ0n) is 25.4. The van der Waals surface area contributed by atoms with Crippen molar-refractivity contribution in [1.29, 1.82) is 0 Å². The van der Waals surface area contributed by atoms with Gasteiger partial charge in [0.25, 0.3) is 0 Å². The van der Waals surface area contributed by atoms with Gasteiger partial charge in [-0.1, -0.05) is 51.1 Å². The molecule has 218 valence electrons. The lowest BCUT2D eigenvalue weighted by molar-refractivity contribution is -0.142. The van der Waals surface area contributed by atoms with Crippen molar-refractivity contribution in [3.63, 3.8) is 0 Å². The van der Waals surface area contributed by atoms with Crippen LogP contribution in [0.5, 0.6) is 0 Å². The number of alkyl carbamates (subject to hydrolysis) is 1. The van der Waals surface area contributed by atoms with Crippen molar-refractivity contribution >= 4 is 14.4 Å². The molecule has 2 rings (SSSR count). The van der Waals surface area contributed by atoms with Crippen LogP contribution in [-0.2, 0) is 25.1 Å². The quantitative estimate of drug-likeness (QED) is 0.285. The number of benzene rings is 1. The summed E-state index contributed by atoms with van der Waals surface area (Å²) in [5.41, 5.74) is 0.650. The number of nitrogens with one attached hydrogen (secondary N) is 1. The van der Waals surface area contributed by atoms with Crippen LogP contribution in [0.4, 0.5) is 4.79 Å². The van der Waals surface area contributed by atoms with Crippen molar-refractivity contribution in [2.24, 2.45) is 0 Å². The number of hydrogen-bond donors (Lipinski definition) is 2. The van der Waals surface area contributed by atoms with Crippen LogP contribution >= 0.6 is 0 Å². The van der Waals surface area contributed by atoms with Crippen molar-refractivity contribution < 1.29 is 28.5 Å². The number of aliphatic hydroxyl groups excluding tert-OH is 1. The Balaban J connectivity index is 2.01. The molecule has 4 atom stereocenters. The largest absolute Gasteiger partial charge is 0.444 e. The molecule has 0 spiro atoms. The summed E-state index contributed by atoms with van der Waals surface area (Å²) in [6.45, 7) is 20.9. The van der Waals surface area contributed by atoms with E-state index in [9.17, 15) is 9.90 Å². The summed E-state index contributed by atoms with van der Waals surface area (Å²) < 4.78 is 24.0. The molecule has 0 aromatic heterocycles. The van der Waals surface area contributed by atoms with Crippen LogP contribution in [0.15, 0.2) is 30.3 Å². The summed E-state index contributed by atoms with van der Waals surface area (Å²) in [4.78, 5) is 12.5. The molecule has 2 N–H and O–H groups in total. The third-order valence-corrected chi connectivity index (χ3v) is 11.9. The molecule has 1 aromatic rings. The van der Waals surface area contributed by atoms with Gasteiger partial charge in [-0.15, -0.1) is 0 Å². The van der Waals surface area contributed by atoms with E-state index in [1.54, 1.807) is 0 Å². The zero-order chi connectivity index (χ0) is 28.8. The van der Waals surface area contributed by atoms with Crippen molar-refractivity contribution in [3.05, 3.63) is 35.9 Å². The summed E-state index contributed by atoms with van der Waals surface area (Å²) in [5.74, 6) is -0.727. The average molecular weight is 552 g/mol. The summed E-state index contributed by atoms with van der Waals surface area (Å²) in [6, 6.07) is 10.0. The Morgan fingerprint density at radius 1 is 1.13 bits per heavy atom. The summed E-state index contributed by atoms with van der Waals surface area (Å²) in [5, 5.41) is 14.0. The van der Waals surface area contributed by atoms with Gasteiger partial charge in [0.15, 0.2) is 14.1 Å². The van der Waals surface area contributed by atoms with Crippen molar-refractivity contribution in [1.82, 2.24) is 5.32 Å². The average Bonchev–Trinajstić information content (AvgIpc) is 3.11. The molecule has 1 saturated heterocycles. The Morgan fingerprint density at radius 3 is 2.29 bits per heavy atom. The molecule has 0 saturated carbocycles. The fourth-order valence-corrected chi connectivity index (χ4v) is 5.73. The number of carbonyl (C=O) groups is 1. The maximum atomic E-state index is 12.5. The molecule has 1 aliphatic rings. The van der Waals surface area contributed by atoms with Gasteiger partial charge in [-0.2, -0.15) is 0 Å². The highest BCUT2D eigenvalue weighted by molar-refractivity contribution is 6.74. The standard InChI is InChI=1S/C30H53NO6Si/c1-28(2,3)36-27(33)31-25(26-21-34-30(7,8)35-26)20-23(32)17-14-18-24(19-22-15-12-11-13-16-22)37-38(9,10)29(4,5)6/h11-13,15-16,23-26,32H,14,17-21H2,1-10H3,(H,31,33)/t23-,24+,25+,26+/m0/s1. The molecular weight excluding hydrogens is 498 g/mol. The van der Waals surface area contributed by atoms with Gasteiger partial charge in [-0.3, -0.25) is 0 Å². The molecule has 0 radical (unpaired) electrons. The molecule has 1 amide bonds. The van der Waals surface area contributed by atoms with Crippen LogP contribution in [0, 0.1) is 0 Å². The van der Waals surface area contributed by atoms with Gasteiger partial charge in [0.05, 0.1) is 18.8 Å². The maximum absolute atomic E-state index is 12.5. The molecule has 1 aromatic carbocycles. The molecule has 0 bridgehead atoms. The normalized spacial score (nSPS) is 20.6. The van der Waals surface area contributed by atoms with Crippen molar-refractivity contribution in [3.8, 4) is 0 Å². The van der Waals surface area contributed by atoms with Crippen LogP contribution in [0.1, 0.15) is 86.6 Å². The number of ether oxygens (including phenoxy) is 3. The van der Waals surface area contributed by atoms with Gasteiger partial charge in [0.2, 0.25) is 0 Å². The molecule has 38 heavy (non-hydrogen) atoms. The Hall–Kier alpha value is -1.45. The Morgan fingerprint density at radius 2 is 1.76 bits per heavy atom. The minimum absolute atomic E-state index is 0.0912. The van der Waals surface area contributed by atoms with Gasteiger partial charge in [-0.05, 0) is 90.4 Å². The molecule has 7 nitrogen and oxygen atoms in total.